The van der Waals surface area contributed by atoms with Crippen molar-refractivity contribution < 1.29 is 14.4 Å². The normalized spacial score (nSPS) is 16.4. The summed E-state index contributed by atoms with van der Waals surface area (Å²) in [5.41, 5.74) is 6.61. The van der Waals surface area contributed by atoms with E-state index >= 15 is 0 Å². The molecule has 33 heavy (non-hydrogen) atoms. The number of primary amides is 1. The molecule has 1 saturated heterocycles. The first kappa shape index (κ1) is 24.6. The molecular weight excluding hydrogens is 440 g/mol. The van der Waals surface area contributed by atoms with Crippen LogP contribution in [0.4, 0.5) is 5.69 Å². The summed E-state index contributed by atoms with van der Waals surface area (Å²) < 4.78 is 0. The summed E-state index contributed by atoms with van der Waals surface area (Å²) in [6.07, 6.45) is 0. The molecule has 3 N–H and O–H groups in total. The fourth-order valence-corrected chi connectivity index (χ4v) is 4.32. The number of hydrogen-bond donors (Lipinski definition) is 2. The predicted octanol–water partition coefficient (Wildman–Crippen LogP) is 3.32. The lowest BCUT2D eigenvalue weighted by Crippen LogP contribution is -2.63. The molecule has 1 heterocycles. The van der Waals surface area contributed by atoms with Gasteiger partial charge in [-0.15, -0.1) is 0 Å². The van der Waals surface area contributed by atoms with Gasteiger partial charge in [0.1, 0.15) is 6.04 Å². The van der Waals surface area contributed by atoms with Crippen molar-refractivity contribution in [2.24, 2.45) is 11.7 Å². The first-order chi connectivity index (χ1) is 15.5. The van der Waals surface area contributed by atoms with Crippen molar-refractivity contribution >= 4 is 35.0 Å². The molecule has 1 atom stereocenters. The van der Waals surface area contributed by atoms with Crippen LogP contribution in [0.5, 0.6) is 0 Å². The molecule has 2 aromatic carbocycles. The topological polar surface area (TPSA) is 95.7 Å². The van der Waals surface area contributed by atoms with Crippen LogP contribution in [0.2, 0.25) is 5.02 Å². The Kier molecular flexibility index (Phi) is 7.32. The molecule has 176 valence electrons. The molecule has 0 spiro atoms. The van der Waals surface area contributed by atoms with E-state index in [-0.39, 0.29) is 28.5 Å². The average molecular weight is 471 g/mol. The number of nitrogens with zero attached hydrogens (tertiary/aromatic N) is 2. The Balaban J connectivity index is 1.73. The van der Waals surface area contributed by atoms with E-state index in [0.717, 1.165) is 5.69 Å². The molecule has 8 heteroatoms. The van der Waals surface area contributed by atoms with Gasteiger partial charge in [0.2, 0.25) is 11.8 Å². The number of amides is 3. The van der Waals surface area contributed by atoms with Gasteiger partial charge >= 0.3 is 0 Å². The second kappa shape index (κ2) is 9.83. The largest absolute Gasteiger partial charge is 0.366 e. The van der Waals surface area contributed by atoms with Crippen molar-refractivity contribution in [2.75, 3.05) is 24.5 Å². The fourth-order valence-electron chi connectivity index (χ4n) is 4.19. The molecule has 0 aromatic heterocycles. The summed E-state index contributed by atoms with van der Waals surface area (Å²) in [4.78, 5) is 41.9. The monoisotopic (exact) mass is 470 g/mol. The fraction of sp³-hybridized carbons (Fsp3) is 0.400. The molecule has 3 amide bonds. The average Bonchev–Trinajstić information content (AvgIpc) is 2.76. The van der Waals surface area contributed by atoms with Crippen LogP contribution in [0.15, 0.2) is 48.5 Å². The van der Waals surface area contributed by atoms with Crippen LogP contribution in [0, 0.1) is 5.92 Å². The summed E-state index contributed by atoms with van der Waals surface area (Å²) in [7, 11) is 0. The van der Waals surface area contributed by atoms with E-state index < -0.39 is 17.9 Å². The van der Waals surface area contributed by atoms with Crippen molar-refractivity contribution in [1.29, 1.82) is 0 Å². The molecule has 0 radical (unpaired) electrons. The molecule has 1 unspecified atom stereocenters. The van der Waals surface area contributed by atoms with Gasteiger partial charge < -0.3 is 20.9 Å². The molecule has 0 bridgehead atoms. The number of nitrogens with one attached hydrogen (secondary N) is 1. The number of carbonyl (C=O) groups is 3. The van der Waals surface area contributed by atoms with Gasteiger partial charge in [-0.1, -0.05) is 31.5 Å². The van der Waals surface area contributed by atoms with Crippen molar-refractivity contribution in [3.63, 3.8) is 0 Å². The van der Waals surface area contributed by atoms with E-state index in [1.165, 1.54) is 6.07 Å². The summed E-state index contributed by atoms with van der Waals surface area (Å²) in [5, 5.41) is 3.54. The SMILES string of the molecule is CC(C)C(NC(=O)c1cccc(C(N)=O)c1)C(=O)N1CCN(c2ccc(Cl)cc2)C(C)(C)C1. The van der Waals surface area contributed by atoms with E-state index in [2.05, 4.69) is 24.1 Å². The Morgan fingerprint density at radius 2 is 1.67 bits per heavy atom. The van der Waals surface area contributed by atoms with Crippen LogP contribution in [-0.4, -0.2) is 53.8 Å². The lowest BCUT2D eigenvalue weighted by Gasteiger charge is -2.49. The van der Waals surface area contributed by atoms with Crippen LogP contribution in [-0.2, 0) is 4.79 Å². The maximum Gasteiger partial charge on any atom is 0.251 e. The third-order valence-electron chi connectivity index (χ3n) is 5.98. The Hall–Kier alpha value is -3.06. The first-order valence-electron chi connectivity index (χ1n) is 11.0. The number of nitrogens with two attached hydrogens (primary N) is 1. The van der Waals surface area contributed by atoms with Crippen molar-refractivity contribution in [3.8, 4) is 0 Å². The highest BCUT2D eigenvalue weighted by Crippen LogP contribution is 2.29. The van der Waals surface area contributed by atoms with Crippen molar-refractivity contribution in [1.82, 2.24) is 10.2 Å². The number of rotatable bonds is 6. The molecular formula is C25H31ClN4O3. The standard InChI is InChI=1S/C25H31ClN4O3/c1-16(2)21(28-23(32)18-7-5-6-17(14-18)22(27)31)24(33)29-12-13-30(25(3,4)15-29)20-10-8-19(26)9-11-20/h5-11,14,16,21H,12-13,15H2,1-4H3,(H2,27,31)(H,28,32). The van der Waals surface area contributed by atoms with Crippen LogP contribution in [0.3, 0.4) is 0 Å². The summed E-state index contributed by atoms with van der Waals surface area (Å²) >= 11 is 6.03. The predicted molar refractivity (Wildman–Crippen MR) is 131 cm³/mol. The van der Waals surface area contributed by atoms with Crippen molar-refractivity contribution in [3.05, 3.63) is 64.7 Å². The van der Waals surface area contributed by atoms with Gasteiger partial charge in [-0.3, -0.25) is 14.4 Å². The third kappa shape index (κ3) is 5.66. The van der Waals surface area contributed by atoms with E-state index in [1.54, 1.807) is 18.2 Å². The Morgan fingerprint density at radius 1 is 1.03 bits per heavy atom. The van der Waals surface area contributed by atoms with Gasteiger partial charge in [0.05, 0.1) is 5.54 Å². The molecule has 1 aliphatic heterocycles. The Morgan fingerprint density at radius 3 is 2.24 bits per heavy atom. The van der Waals surface area contributed by atoms with E-state index in [1.807, 2.05) is 43.0 Å². The minimum absolute atomic E-state index is 0.113. The van der Waals surface area contributed by atoms with Gasteiger partial charge in [0.25, 0.3) is 5.91 Å². The second-order valence-corrected chi connectivity index (χ2v) is 9.78. The smallest absolute Gasteiger partial charge is 0.251 e. The zero-order chi connectivity index (χ0) is 24.3. The van der Waals surface area contributed by atoms with E-state index in [9.17, 15) is 14.4 Å². The first-order valence-corrected chi connectivity index (χ1v) is 11.4. The minimum atomic E-state index is -0.687. The highest BCUT2D eigenvalue weighted by atomic mass is 35.5. The molecule has 1 aliphatic rings. The number of halogens is 1. The number of piperazine rings is 1. The maximum absolute atomic E-state index is 13.5. The molecule has 3 rings (SSSR count). The molecule has 7 nitrogen and oxygen atoms in total. The minimum Gasteiger partial charge on any atom is -0.366 e. The van der Waals surface area contributed by atoms with Gasteiger partial charge in [-0.25, -0.2) is 0 Å². The summed E-state index contributed by atoms with van der Waals surface area (Å²) in [5.74, 6) is -1.25. The number of hydrogen-bond acceptors (Lipinski definition) is 4. The number of carbonyl (C=O) groups excluding carboxylic acids is 3. The zero-order valence-electron chi connectivity index (χ0n) is 19.5. The lowest BCUT2D eigenvalue weighted by atomic mass is 9.95. The van der Waals surface area contributed by atoms with Gasteiger partial charge in [0.15, 0.2) is 0 Å². The Labute approximate surface area is 199 Å². The van der Waals surface area contributed by atoms with Gasteiger partial charge in [-0.05, 0) is 62.2 Å². The number of benzene rings is 2. The zero-order valence-corrected chi connectivity index (χ0v) is 20.2. The quantitative estimate of drug-likeness (QED) is 0.676. The number of anilines is 1. The van der Waals surface area contributed by atoms with E-state index in [0.29, 0.717) is 24.7 Å². The van der Waals surface area contributed by atoms with Crippen LogP contribution >= 0.6 is 11.6 Å². The van der Waals surface area contributed by atoms with Gasteiger partial charge in [-0.2, -0.15) is 0 Å². The van der Waals surface area contributed by atoms with Crippen molar-refractivity contribution in [2.45, 2.75) is 39.3 Å². The van der Waals surface area contributed by atoms with Crippen LogP contribution < -0.4 is 16.0 Å². The summed E-state index contributed by atoms with van der Waals surface area (Å²) in [6.45, 7) is 9.72. The third-order valence-corrected chi connectivity index (χ3v) is 6.23. The molecule has 1 fully saturated rings. The molecule has 0 saturated carbocycles. The van der Waals surface area contributed by atoms with E-state index in [4.69, 9.17) is 17.3 Å². The van der Waals surface area contributed by atoms with Crippen LogP contribution in [0.1, 0.15) is 48.4 Å². The highest BCUT2D eigenvalue weighted by molar-refractivity contribution is 6.30. The molecule has 2 aromatic rings. The van der Waals surface area contributed by atoms with Gasteiger partial charge in [0, 0.05) is 41.5 Å². The maximum atomic E-state index is 13.5. The van der Waals surface area contributed by atoms with Crippen LogP contribution in [0.25, 0.3) is 0 Å². The second-order valence-electron chi connectivity index (χ2n) is 9.34. The molecule has 0 aliphatic carbocycles. The summed E-state index contributed by atoms with van der Waals surface area (Å²) in [6, 6.07) is 13.2. The lowest BCUT2D eigenvalue weighted by molar-refractivity contribution is -0.135. The Bertz CT molecular complexity index is 1040. The highest BCUT2D eigenvalue weighted by Gasteiger charge is 2.38.